The Morgan fingerprint density at radius 2 is 1.94 bits per heavy atom. The summed E-state index contributed by atoms with van der Waals surface area (Å²) in [4.78, 5) is 0. The summed E-state index contributed by atoms with van der Waals surface area (Å²) in [6, 6.07) is 5.75. The standard InChI is InChI=1S/C10H5BrClF3N2/c11-6-1-2-8(7(12)5-6)17-4-3-9(16-17)10(13,14)15/h1-5H. The van der Waals surface area contributed by atoms with E-state index in [4.69, 9.17) is 11.6 Å². The van der Waals surface area contributed by atoms with Crippen LogP contribution in [0.3, 0.4) is 0 Å². The van der Waals surface area contributed by atoms with Gasteiger partial charge in [-0.3, -0.25) is 0 Å². The fourth-order valence-electron chi connectivity index (χ4n) is 1.28. The number of aromatic nitrogens is 2. The van der Waals surface area contributed by atoms with E-state index < -0.39 is 11.9 Å². The van der Waals surface area contributed by atoms with Crippen molar-refractivity contribution in [2.75, 3.05) is 0 Å². The Balaban J connectivity index is 2.44. The van der Waals surface area contributed by atoms with Crippen molar-refractivity contribution in [2.24, 2.45) is 0 Å². The third kappa shape index (κ3) is 2.63. The molecule has 0 bridgehead atoms. The van der Waals surface area contributed by atoms with Crippen LogP contribution in [0.5, 0.6) is 0 Å². The first kappa shape index (κ1) is 12.4. The van der Waals surface area contributed by atoms with E-state index in [1.165, 1.54) is 6.20 Å². The smallest absolute Gasteiger partial charge is 0.239 e. The molecule has 0 spiro atoms. The summed E-state index contributed by atoms with van der Waals surface area (Å²) in [6.45, 7) is 0. The number of nitrogens with zero attached hydrogens (tertiary/aromatic N) is 2. The van der Waals surface area contributed by atoms with E-state index in [9.17, 15) is 13.2 Å². The number of hydrogen-bond donors (Lipinski definition) is 0. The third-order valence-electron chi connectivity index (χ3n) is 2.04. The molecule has 2 rings (SSSR count). The summed E-state index contributed by atoms with van der Waals surface area (Å²) in [5.41, 5.74) is -0.554. The van der Waals surface area contributed by atoms with Gasteiger partial charge in [-0.05, 0) is 24.3 Å². The molecule has 0 amide bonds. The summed E-state index contributed by atoms with van der Waals surface area (Å²) in [6.07, 6.45) is -3.23. The SMILES string of the molecule is FC(F)(F)c1ccn(-c2ccc(Br)cc2Cl)n1. The second-order valence-corrected chi connectivity index (χ2v) is 4.56. The van der Waals surface area contributed by atoms with Crippen LogP contribution in [0, 0.1) is 0 Å². The van der Waals surface area contributed by atoms with Gasteiger partial charge in [0, 0.05) is 10.7 Å². The van der Waals surface area contributed by atoms with Crippen LogP contribution in [0.15, 0.2) is 34.9 Å². The molecular weight excluding hydrogens is 320 g/mol. The summed E-state index contributed by atoms with van der Waals surface area (Å²) < 4.78 is 38.9. The van der Waals surface area contributed by atoms with Gasteiger partial charge in [0.15, 0.2) is 5.69 Å². The number of alkyl halides is 3. The van der Waals surface area contributed by atoms with Crippen LogP contribution in [0.2, 0.25) is 5.02 Å². The minimum atomic E-state index is -4.45. The number of halogens is 5. The molecular formula is C10H5BrClF3N2. The molecule has 90 valence electrons. The average molecular weight is 326 g/mol. The summed E-state index contributed by atoms with van der Waals surface area (Å²) in [5, 5.41) is 3.75. The van der Waals surface area contributed by atoms with Crippen molar-refractivity contribution < 1.29 is 13.2 Å². The van der Waals surface area contributed by atoms with Gasteiger partial charge in [0.2, 0.25) is 0 Å². The second-order valence-electron chi connectivity index (χ2n) is 3.24. The van der Waals surface area contributed by atoms with E-state index >= 15 is 0 Å². The molecule has 0 N–H and O–H groups in total. The van der Waals surface area contributed by atoms with Gasteiger partial charge in [0.05, 0.1) is 10.7 Å². The third-order valence-corrected chi connectivity index (χ3v) is 2.83. The molecule has 1 aromatic heterocycles. The van der Waals surface area contributed by atoms with E-state index in [0.717, 1.165) is 15.2 Å². The van der Waals surface area contributed by atoms with E-state index in [1.807, 2.05) is 0 Å². The Labute approximate surface area is 108 Å². The Kier molecular flexibility index (Phi) is 3.18. The second kappa shape index (κ2) is 4.34. The van der Waals surface area contributed by atoms with Crippen molar-refractivity contribution in [1.29, 1.82) is 0 Å². The Morgan fingerprint density at radius 1 is 1.24 bits per heavy atom. The fraction of sp³-hybridized carbons (Fsp3) is 0.100. The highest BCUT2D eigenvalue weighted by atomic mass is 79.9. The zero-order valence-electron chi connectivity index (χ0n) is 8.17. The van der Waals surface area contributed by atoms with Crippen molar-refractivity contribution in [3.63, 3.8) is 0 Å². The van der Waals surface area contributed by atoms with Crippen molar-refractivity contribution in [1.82, 2.24) is 9.78 Å². The van der Waals surface area contributed by atoms with Crippen LogP contribution in [-0.4, -0.2) is 9.78 Å². The van der Waals surface area contributed by atoms with Gasteiger partial charge in [-0.25, -0.2) is 4.68 Å². The van der Waals surface area contributed by atoms with Crippen molar-refractivity contribution >= 4 is 27.5 Å². The molecule has 0 aliphatic rings. The zero-order valence-corrected chi connectivity index (χ0v) is 10.5. The molecule has 2 nitrogen and oxygen atoms in total. The highest BCUT2D eigenvalue weighted by molar-refractivity contribution is 9.10. The topological polar surface area (TPSA) is 17.8 Å². The van der Waals surface area contributed by atoms with E-state index in [1.54, 1.807) is 18.2 Å². The Bertz CT molecular complexity index is 551. The molecule has 1 heterocycles. The van der Waals surface area contributed by atoms with Crippen molar-refractivity contribution in [3.8, 4) is 5.69 Å². The molecule has 0 unspecified atom stereocenters. The van der Waals surface area contributed by atoms with Gasteiger partial charge < -0.3 is 0 Å². The molecule has 0 saturated carbocycles. The molecule has 0 fully saturated rings. The normalized spacial score (nSPS) is 11.8. The molecule has 0 aliphatic carbocycles. The lowest BCUT2D eigenvalue weighted by Crippen LogP contribution is -2.07. The molecule has 0 atom stereocenters. The maximum absolute atomic E-state index is 12.4. The van der Waals surface area contributed by atoms with Crippen molar-refractivity contribution in [3.05, 3.63) is 45.7 Å². The highest BCUT2D eigenvalue weighted by Gasteiger charge is 2.33. The summed E-state index contributed by atoms with van der Waals surface area (Å²) in [5.74, 6) is 0. The van der Waals surface area contributed by atoms with Crippen LogP contribution >= 0.6 is 27.5 Å². The molecule has 2 aromatic rings. The van der Waals surface area contributed by atoms with Crippen LogP contribution in [0.25, 0.3) is 5.69 Å². The summed E-state index contributed by atoms with van der Waals surface area (Å²) in [7, 11) is 0. The van der Waals surface area contributed by atoms with Crippen molar-refractivity contribution in [2.45, 2.75) is 6.18 Å². The summed E-state index contributed by atoms with van der Waals surface area (Å²) >= 11 is 9.13. The van der Waals surface area contributed by atoms with Crippen LogP contribution in [-0.2, 0) is 6.18 Å². The van der Waals surface area contributed by atoms with Gasteiger partial charge in [-0.2, -0.15) is 18.3 Å². The molecule has 17 heavy (non-hydrogen) atoms. The molecule has 0 radical (unpaired) electrons. The molecule has 0 aliphatic heterocycles. The Hall–Kier alpha value is -1.01. The zero-order chi connectivity index (χ0) is 12.6. The van der Waals surface area contributed by atoms with E-state index in [2.05, 4.69) is 21.0 Å². The van der Waals surface area contributed by atoms with Gasteiger partial charge >= 0.3 is 6.18 Å². The lowest BCUT2D eigenvalue weighted by atomic mass is 10.3. The van der Waals surface area contributed by atoms with Crippen LogP contribution in [0.4, 0.5) is 13.2 Å². The molecule has 7 heteroatoms. The lowest BCUT2D eigenvalue weighted by molar-refractivity contribution is -0.141. The van der Waals surface area contributed by atoms with Gasteiger partial charge in [0.25, 0.3) is 0 Å². The maximum atomic E-state index is 12.4. The number of benzene rings is 1. The molecule has 0 saturated heterocycles. The highest BCUT2D eigenvalue weighted by Crippen LogP contribution is 2.29. The number of rotatable bonds is 1. The lowest BCUT2D eigenvalue weighted by Gasteiger charge is -2.05. The number of hydrogen-bond acceptors (Lipinski definition) is 1. The Morgan fingerprint density at radius 3 is 2.47 bits per heavy atom. The first-order valence-electron chi connectivity index (χ1n) is 4.46. The monoisotopic (exact) mass is 324 g/mol. The van der Waals surface area contributed by atoms with Gasteiger partial charge in [0.1, 0.15) is 0 Å². The predicted molar refractivity (Wildman–Crippen MR) is 61.3 cm³/mol. The first-order valence-corrected chi connectivity index (χ1v) is 5.63. The average Bonchev–Trinajstić information content (AvgIpc) is 2.65. The van der Waals surface area contributed by atoms with Crippen LogP contribution in [0.1, 0.15) is 5.69 Å². The van der Waals surface area contributed by atoms with Gasteiger partial charge in [-0.15, -0.1) is 0 Å². The quantitative estimate of drug-likeness (QED) is 0.764. The predicted octanol–water partition coefficient (Wildman–Crippen LogP) is 4.31. The molecule has 1 aromatic carbocycles. The van der Waals surface area contributed by atoms with Gasteiger partial charge in [-0.1, -0.05) is 27.5 Å². The first-order chi connectivity index (χ1) is 7.88. The maximum Gasteiger partial charge on any atom is 0.435 e. The van der Waals surface area contributed by atoms with E-state index in [0.29, 0.717) is 10.7 Å². The minimum absolute atomic E-state index is 0.316. The van der Waals surface area contributed by atoms with Crippen LogP contribution < -0.4 is 0 Å². The minimum Gasteiger partial charge on any atom is -0.239 e. The largest absolute Gasteiger partial charge is 0.435 e. The fourth-order valence-corrected chi connectivity index (χ4v) is 2.04. The van der Waals surface area contributed by atoms with E-state index in [-0.39, 0.29) is 0 Å².